The van der Waals surface area contributed by atoms with E-state index in [0.717, 1.165) is 22.3 Å². The molecule has 3 nitrogen and oxygen atoms in total. The molecule has 0 aromatic heterocycles. The number of thioether (sulfide) groups is 1. The van der Waals surface area contributed by atoms with E-state index in [-0.39, 0.29) is 0 Å². The third-order valence-corrected chi connectivity index (χ3v) is 3.39. The van der Waals surface area contributed by atoms with Crippen LogP contribution in [-0.2, 0) is 4.79 Å². The lowest BCUT2D eigenvalue weighted by molar-refractivity contribution is -0.131. The molecule has 4 heteroatoms. The van der Waals surface area contributed by atoms with Crippen molar-refractivity contribution in [3.63, 3.8) is 0 Å². The van der Waals surface area contributed by atoms with Crippen LogP contribution in [0.2, 0.25) is 0 Å². The fourth-order valence-electron chi connectivity index (χ4n) is 1.69. The van der Waals surface area contributed by atoms with Gasteiger partial charge in [-0.05, 0) is 30.5 Å². The summed E-state index contributed by atoms with van der Waals surface area (Å²) in [6, 6.07) is 15.1. The van der Waals surface area contributed by atoms with Crippen LogP contribution in [0.5, 0.6) is 11.5 Å². The predicted octanol–water partition coefficient (Wildman–Crippen LogP) is 4.30. The Labute approximate surface area is 121 Å². The van der Waals surface area contributed by atoms with Gasteiger partial charge in [0.25, 0.3) is 0 Å². The molecule has 2 rings (SSSR count). The van der Waals surface area contributed by atoms with Crippen molar-refractivity contribution in [3.05, 3.63) is 60.2 Å². The third-order valence-electron chi connectivity index (χ3n) is 2.61. The van der Waals surface area contributed by atoms with E-state index in [1.165, 1.54) is 6.08 Å². The molecule has 0 aliphatic carbocycles. The fraction of sp³-hybridized carbons (Fsp3) is 0.0625. The number of ether oxygens (including phenoxy) is 1. The topological polar surface area (TPSA) is 46.5 Å². The first kappa shape index (κ1) is 14.2. The Morgan fingerprint density at radius 2 is 1.75 bits per heavy atom. The SMILES string of the molecule is CSc1ccccc1Oc1ccccc1C=CC(=O)O. The summed E-state index contributed by atoms with van der Waals surface area (Å²) in [5, 5.41) is 8.71. The van der Waals surface area contributed by atoms with E-state index in [2.05, 4.69) is 0 Å². The van der Waals surface area contributed by atoms with Crippen molar-refractivity contribution in [1.82, 2.24) is 0 Å². The molecule has 2 aromatic carbocycles. The number of rotatable bonds is 5. The van der Waals surface area contributed by atoms with E-state index in [0.29, 0.717) is 5.75 Å². The number of para-hydroxylation sites is 2. The van der Waals surface area contributed by atoms with Crippen LogP contribution in [0.1, 0.15) is 5.56 Å². The van der Waals surface area contributed by atoms with Crippen LogP contribution in [0.3, 0.4) is 0 Å². The van der Waals surface area contributed by atoms with E-state index in [9.17, 15) is 4.79 Å². The standard InChI is InChI=1S/C16H14O3S/c1-20-15-9-5-4-8-14(15)19-13-7-3-2-6-12(13)10-11-16(17)18/h2-11H,1H3,(H,17,18). The average molecular weight is 286 g/mol. The maximum atomic E-state index is 10.6. The predicted molar refractivity (Wildman–Crippen MR) is 81.4 cm³/mol. The first-order valence-corrected chi connectivity index (χ1v) is 7.24. The number of carboxylic acid groups (broad SMARTS) is 1. The largest absolute Gasteiger partial charge is 0.478 e. The van der Waals surface area contributed by atoms with Gasteiger partial charge in [0.15, 0.2) is 0 Å². The van der Waals surface area contributed by atoms with Gasteiger partial charge in [-0.2, -0.15) is 0 Å². The summed E-state index contributed by atoms with van der Waals surface area (Å²) in [4.78, 5) is 11.6. The molecule has 0 unspecified atom stereocenters. The molecule has 0 spiro atoms. The zero-order chi connectivity index (χ0) is 14.4. The molecule has 0 amide bonds. The minimum atomic E-state index is -0.982. The molecule has 1 N–H and O–H groups in total. The molecule has 0 atom stereocenters. The Hall–Kier alpha value is -2.20. The summed E-state index contributed by atoms with van der Waals surface area (Å²) in [7, 11) is 0. The van der Waals surface area contributed by atoms with Gasteiger partial charge in [-0.15, -0.1) is 11.8 Å². The van der Waals surface area contributed by atoms with Gasteiger partial charge in [0.2, 0.25) is 0 Å². The maximum Gasteiger partial charge on any atom is 0.328 e. The zero-order valence-corrected chi connectivity index (χ0v) is 11.8. The van der Waals surface area contributed by atoms with Crippen molar-refractivity contribution in [2.24, 2.45) is 0 Å². The number of carbonyl (C=O) groups is 1. The second-order valence-corrected chi connectivity index (χ2v) is 4.81. The van der Waals surface area contributed by atoms with Crippen LogP contribution in [0, 0.1) is 0 Å². The summed E-state index contributed by atoms with van der Waals surface area (Å²) in [5.74, 6) is 0.409. The van der Waals surface area contributed by atoms with Gasteiger partial charge >= 0.3 is 5.97 Å². The average Bonchev–Trinajstić information content (AvgIpc) is 2.47. The van der Waals surface area contributed by atoms with E-state index < -0.39 is 5.97 Å². The molecule has 0 fully saturated rings. The van der Waals surface area contributed by atoms with Crippen LogP contribution >= 0.6 is 11.8 Å². The van der Waals surface area contributed by atoms with Crippen LogP contribution < -0.4 is 4.74 Å². The first-order valence-electron chi connectivity index (χ1n) is 6.01. The van der Waals surface area contributed by atoms with Crippen LogP contribution in [0.25, 0.3) is 6.08 Å². The Balaban J connectivity index is 2.31. The molecule has 2 aromatic rings. The number of carboxylic acids is 1. The zero-order valence-electron chi connectivity index (χ0n) is 10.9. The fourth-order valence-corrected chi connectivity index (χ4v) is 2.22. The van der Waals surface area contributed by atoms with Crippen molar-refractivity contribution < 1.29 is 14.6 Å². The lowest BCUT2D eigenvalue weighted by Gasteiger charge is -2.11. The number of hydrogen-bond donors (Lipinski definition) is 1. The summed E-state index contributed by atoms with van der Waals surface area (Å²) >= 11 is 1.60. The lowest BCUT2D eigenvalue weighted by atomic mass is 10.2. The number of aliphatic carboxylic acids is 1. The van der Waals surface area contributed by atoms with Gasteiger partial charge in [0.1, 0.15) is 11.5 Å². The molecule has 102 valence electrons. The molecule has 20 heavy (non-hydrogen) atoms. The lowest BCUT2D eigenvalue weighted by Crippen LogP contribution is -1.90. The highest BCUT2D eigenvalue weighted by Crippen LogP contribution is 2.33. The molecular formula is C16H14O3S. The Morgan fingerprint density at radius 1 is 1.10 bits per heavy atom. The smallest absolute Gasteiger partial charge is 0.328 e. The number of benzene rings is 2. The molecule has 0 aliphatic heterocycles. The quantitative estimate of drug-likeness (QED) is 0.657. The number of hydrogen-bond acceptors (Lipinski definition) is 3. The third kappa shape index (κ3) is 3.65. The maximum absolute atomic E-state index is 10.6. The van der Waals surface area contributed by atoms with Gasteiger partial charge in [-0.3, -0.25) is 0 Å². The van der Waals surface area contributed by atoms with Crippen LogP contribution in [0.4, 0.5) is 0 Å². The normalized spacial score (nSPS) is 10.7. The monoisotopic (exact) mass is 286 g/mol. The minimum absolute atomic E-state index is 0.631. The first-order chi connectivity index (χ1) is 9.70. The van der Waals surface area contributed by atoms with Gasteiger partial charge in [-0.1, -0.05) is 30.3 Å². The summed E-state index contributed by atoms with van der Waals surface area (Å²) in [6.45, 7) is 0. The van der Waals surface area contributed by atoms with E-state index in [1.807, 2.05) is 54.8 Å². The van der Waals surface area contributed by atoms with Crippen molar-refractivity contribution in [1.29, 1.82) is 0 Å². The van der Waals surface area contributed by atoms with Crippen LogP contribution in [0.15, 0.2) is 59.5 Å². The molecule has 0 heterocycles. The van der Waals surface area contributed by atoms with E-state index in [1.54, 1.807) is 11.8 Å². The Kier molecular flexibility index (Phi) is 4.85. The molecule has 0 bridgehead atoms. The highest BCUT2D eigenvalue weighted by molar-refractivity contribution is 7.98. The summed E-state index contributed by atoms with van der Waals surface area (Å²) in [6.07, 6.45) is 4.61. The van der Waals surface area contributed by atoms with Gasteiger partial charge in [0.05, 0.1) is 0 Å². The van der Waals surface area contributed by atoms with Gasteiger partial charge in [-0.25, -0.2) is 4.79 Å². The van der Waals surface area contributed by atoms with Crippen LogP contribution in [-0.4, -0.2) is 17.3 Å². The summed E-state index contributed by atoms with van der Waals surface area (Å²) in [5.41, 5.74) is 0.728. The van der Waals surface area contributed by atoms with E-state index in [4.69, 9.17) is 9.84 Å². The van der Waals surface area contributed by atoms with E-state index >= 15 is 0 Å². The highest BCUT2D eigenvalue weighted by Gasteiger charge is 2.06. The second-order valence-electron chi connectivity index (χ2n) is 3.96. The van der Waals surface area contributed by atoms with Crippen molar-refractivity contribution >= 4 is 23.8 Å². The Morgan fingerprint density at radius 3 is 2.45 bits per heavy atom. The second kappa shape index (κ2) is 6.82. The molecule has 0 radical (unpaired) electrons. The Bertz CT molecular complexity index is 635. The van der Waals surface area contributed by atoms with Crippen molar-refractivity contribution in [2.45, 2.75) is 4.90 Å². The molecule has 0 aliphatic rings. The van der Waals surface area contributed by atoms with Crippen molar-refractivity contribution in [2.75, 3.05) is 6.26 Å². The van der Waals surface area contributed by atoms with Gasteiger partial charge in [0, 0.05) is 16.5 Å². The molecule has 0 saturated carbocycles. The minimum Gasteiger partial charge on any atom is -0.478 e. The van der Waals surface area contributed by atoms with Gasteiger partial charge < -0.3 is 9.84 Å². The summed E-state index contributed by atoms with van der Waals surface area (Å²) < 4.78 is 5.90. The molecular weight excluding hydrogens is 272 g/mol. The van der Waals surface area contributed by atoms with Crippen molar-refractivity contribution in [3.8, 4) is 11.5 Å². The molecule has 0 saturated heterocycles. The highest BCUT2D eigenvalue weighted by atomic mass is 32.2.